The second-order valence-corrected chi connectivity index (χ2v) is 10.4. The fraction of sp³-hybridized carbons (Fsp3) is 0. The molecule has 0 saturated carbocycles. The van der Waals surface area contributed by atoms with Gasteiger partial charge in [0.1, 0.15) is 5.58 Å². The molecule has 0 unspecified atom stereocenters. The summed E-state index contributed by atoms with van der Waals surface area (Å²) in [6, 6.07) is 45.2. The lowest BCUT2D eigenvalue weighted by Crippen LogP contribution is -2.09. The number of hydrogen-bond acceptors (Lipinski definition) is 3. The summed E-state index contributed by atoms with van der Waals surface area (Å²) in [6.45, 7) is 0. The van der Waals surface area contributed by atoms with Gasteiger partial charge in [-0.25, -0.2) is 0 Å². The highest BCUT2D eigenvalue weighted by atomic mass is 32.1. The molecule has 0 fully saturated rings. The molecule has 0 saturated heterocycles. The van der Waals surface area contributed by atoms with Crippen molar-refractivity contribution in [1.29, 1.82) is 0 Å². The van der Waals surface area contributed by atoms with Crippen molar-refractivity contribution in [2.45, 2.75) is 0 Å². The standard InChI is InChI=1S/C34H21NOS/c1-2-10-23(11-3-1)35(30-15-8-14-27-26-13-6-7-16-31(26)36-33(27)30)24-18-20-32-29(21-24)28-19-17-22-9-4-5-12-25(22)34(28)37-32/h1-21H. The summed E-state index contributed by atoms with van der Waals surface area (Å²) in [5, 5.41) is 7.44. The Hall–Kier alpha value is -4.60. The summed E-state index contributed by atoms with van der Waals surface area (Å²) in [7, 11) is 0. The summed E-state index contributed by atoms with van der Waals surface area (Å²) in [6.07, 6.45) is 0. The number of rotatable bonds is 3. The quantitative estimate of drug-likeness (QED) is 0.244. The van der Waals surface area contributed by atoms with Crippen molar-refractivity contribution in [1.82, 2.24) is 0 Å². The van der Waals surface area contributed by atoms with Gasteiger partial charge >= 0.3 is 0 Å². The van der Waals surface area contributed by atoms with Crippen molar-refractivity contribution in [3.8, 4) is 0 Å². The SMILES string of the molecule is c1ccc(N(c2ccc3sc4c5ccccc5ccc4c3c2)c2cccc3c2oc2ccccc23)cc1. The van der Waals surface area contributed by atoms with Gasteiger partial charge in [0.25, 0.3) is 0 Å². The molecule has 2 heterocycles. The normalized spacial score (nSPS) is 11.8. The molecule has 8 rings (SSSR count). The zero-order chi connectivity index (χ0) is 24.3. The number of fused-ring (bicyclic) bond motifs is 8. The molecule has 3 heteroatoms. The Kier molecular flexibility index (Phi) is 4.42. The monoisotopic (exact) mass is 491 g/mol. The van der Waals surface area contributed by atoms with Gasteiger partial charge in [-0.2, -0.15) is 0 Å². The molecular weight excluding hydrogens is 470 g/mol. The van der Waals surface area contributed by atoms with Gasteiger partial charge in [-0.05, 0) is 53.2 Å². The minimum Gasteiger partial charge on any atom is -0.454 e. The van der Waals surface area contributed by atoms with Gasteiger partial charge in [0.15, 0.2) is 5.58 Å². The third-order valence-electron chi connectivity index (χ3n) is 7.24. The maximum Gasteiger partial charge on any atom is 0.159 e. The molecule has 6 aromatic carbocycles. The summed E-state index contributed by atoms with van der Waals surface area (Å²) < 4.78 is 9.10. The van der Waals surface area contributed by atoms with Crippen LogP contribution in [0.2, 0.25) is 0 Å². The van der Waals surface area contributed by atoms with Gasteiger partial charge in [0.05, 0.1) is 5.69 Å². The molecule has 8 aromatic rings. The Morgan fingerprint density at radius 2 is 1.30 bits per heavy atom. The first-order valence-corrected chi connectivity index (χ1v) is 13.3. The Morgan fingerprint density at radius 3 is 2.22 bits per heavy atom. The molecule has 0 spiro atoms. The zero-order valence-electron chi connectivity index (χ0n) is 19.9. The largest absolute Gasteiger partial charge is 0.454 e. The Bertz CT molecular complexity index is 2100. The number of benzene rings is 6. The maximum absolute atomic E-state index is 6.46. The zero-order valence-corrected chi connectivity index (χ0v) is 20.7. The van der Waals surface area contributed by atoms with E-state index < -0.39 is 0 Å². The third kappa shape index (κ3) is 3.11. The van der Waals surface area contributed by atoms with Gasteiger partial charge in [-0.1, -0.05) is 84.9 Å². The molecule has 0 N–H and O–H groups in total. The Balaban J connectivity index is 1.41. The predicted molar refractivity (Wildman–Crippen MR) is 159 cm³/mol. The van der Waals surface area contributed by atoms with E-state index in [0.29, 0.717) is 0 Å². The van der Waals surface area contributed by atoms with Crippen LogP contribution in [0.3, 0.4) is 0 Å². The van der Waals surface area contributed by atoms with Crippen molar-refractivity contribution >= 4 is 81.3 Å². The summed E-state index contributed by atoms with van der Waals surface area (Å²) in [5.74, 6) is 0. The fourth-order valence-electron chi connectivity index (χ4n) is 5.54. The lowest BCUT2D eigenvalue weighted by atomic mass is 10.1. The predicted octanol–water partition coefficient (Wildman–Crippen LogP) is 10.6. The Labute approximate surface area is 217 Å². The van der Waals surface area contributed by atoms with Crippen LogP contribution < -0.4 is 4.90 Å². The van der Waals surface area contributed by atoms with Crippen LogP contribution in [0.15, 0.2) is 132 Å². The smallest absolute Gasteiger partial charge is 0.159 e. The topological polar surface area (TPSA) is 16.4 Å². The molecule has 2 nitrogen and oxygen atoms in total. The second kappa shape index (κ2) is 7.95. The number of para-hydroxylation sites is 3. The highest BCUT2D eigenvalue weighted by molar-refractivity contribution is 7.26. The van der Waals surface area contributed by atoms with E-state index in [1.807, 2.05) is 23.5 Å². The van der Waals surface area contributed by atoms with Crippen molar-refractivity contribution in [3.05, 3.63) is 127 Å². The van der Waals surface area contributed by atoms with E-state index in [9.17, 15) is 0 Å². The van der Waals surface area contributed by atoms with Gasteiger partial charge in [0.2, 0.25) is 0 Å². The van der Waals surface area contributed by atoms with E-state index >= 15 is 0 Å². The average Bonchev–Trinajstić information content (AvgIpc) is 3.53. The molecule has 0 radical (unpaired) electrons. The van der Waals surface area contributed by atoms with Crippen LogP contribution >= 0.6 is 11.3 Å². The average molecular weight is 492 g/mol. The number of furan rings is 1. The number of hydrogen-bond donors (Lipinski definition) is 0. The van der Waals surface area contributed by atoms with Gasteiger partial charge < -0.3 is 9.32 Å². The summed E-state index contributed by atoms with van der Waals surface area (Å²) >= 11 is 1.87. The second-order valence-electron chi connectivity index (χ2n) is 9.37. The Morgan fingerprint density at radius 1 is 0.514 bits per heavy atom. The molecule has 2 aromatic heterocycles. The van der Waals surface area contributed by atoms with Crippen LogP contribution in [0.4, 0.5) is 17.1 Å². The van der Waals surface area contributed by atoms with E-state index in [1.54, 1.807) is 0 Å². The molecule has 0 bridgehead atoms. The van der Waals surface area contributed by atoms with Crippen LogP contribution in [0.25, 0.3) is 52.9 Å². The van der Waals surface area contributed by atoms with Crippen molar-refractivity contribution in [2.24, 2.45) is 0 Å². The van der Waals surface area contributed by atoms with Crippen LogP contribution in [0.1, 0.15) is 0 Å². The van der Waals surface area contributed by atoms with Gasteiger partial charge in [-0.15, -0.1) is 11.3 Å². The van der Waals surface area contributed by atoms with E-state index in [-0.39, 0.29) is 0 Å². The molecule has 0 aliphatic carbocycles. The number of thiophene rings is 1. The first-order chi connectivity index (χ1) is 18.3. The van der Waals surface area contributed by atoms with Crippen LogP contribution in [0, 0.1) is 0 Å². The fourth-order valence-corrected chi connectivity index (χ4v) is 6.76. The van der Waals surface area contributed by atoms with Crippen molar-refractivity contribution in [3.63, 3.8) is 0 Å². The lowest BCUT2D eigenvalue weighted by molar-refractivity contribution is 0.669. The molecular formula is C34H21NOS. The molecule has 174 valence electrons. The van der Waals surface area contributed by atoms with E-state index in [2.05, 4.69) is 120 Å². The highest BCUT2D eigenvalue weighted by Gasteiger charge is 2.20. The summed E-state index contributed by atoms with van der Waals surface area (Å²) in [4.78, 5) is 2.31. The molecule has 37 heavy (non-hydrogen) atoms. The lowest BCUT2D eigenvalue weighted by Gasteiger charge is -2.25. The van der Waals surface area contributed by atoms with Gasteiger partial charge in [-0.3, -0.25) is 0 Å². The molecule has 0 atom stereocenters. The first-order valence-electron chi connectivity index (χ1n) is 12.4. The first kappa shape index (κ1) is 20.6. The third-order valence-corrected chi connectivity index (χ3v) is 8.46. The molecule has 0 aliphatic heterocycles. The van der Waals surface area contributed by atoms with Crippen LogP contribution in [-0.4, -0.2) is 0 Å². The van der Waals surface area contributed by atoms with Crippen molar-refractivity contribution in [2.75, 3.05) is 4.90 Å². The van der Waals surface area contributed by atoms with Crippen molar-refractivity contribution < 1.29 is 4.42 Å². The highest BCUT2D eigenvalue weighted by Crippen LogP contribution is 2.45. The minimum absolute atomic E-state index is 0.897. The number of nitrogens with zero attached hydrogens (tertiary/aromatic N) is 1. The number of anilines is 3. The van der Waals surface area contributed by atoms with Crippen LogP contribution in [0.5, 0.6) is 0 Å². The van der Waals surface area contributed by atoms with E-state index in [4.69, 9.17) is 4.42 Å². The summed E-state index contributed by atoms with van der Waals surface area (Å²) in [5.41, 5.74) is 5.04. The van der Waals surface area contributed by atoms with Gasteiger partial charge in [0, 0.05) is 42.3 Å². The van der Waals surface area contributed by atoms with E-state index in [1.165, 1.54) is 30.9 Å². The minimum atomic E-state index is 0.897. The molecule has 0 amide bonds. The van der Waals surface area contributed by atoms with Crippen LogP contribution in [-0.2, 0) is 0 Å². The van der Waals surface area contributed by atoms with E-state index in [0.717, 1.165) is 39.0 Å². The maximum atomic E-state index is 6.46. The molecule has 0 aliphatic rings.